The van der Waals surface area contributed by atoms with E-state index in [9.17, 15) is 9.90 Å². The quantitative estimate of drug-likeness (QED) is 0.444. The fraction of sp³-hybridized carbons (Fsp3) is 0.917. The Morgan fingerprint density at radius 3 is 1.93 bits per heavy atom. The fourth-order valence-electron chi connectivity index (χ4n) is 1.45. The van der Waals surface area contributed by atoms with Crippen molar-refractivity contribution in [2.24, 2.45) is 5.41 Å². The molecule has 84 valence electrons. The van der Waals surface area contributed by atoms with Gasteiger partial charge < -0.3 is 9.90 Å². The largest absolute Gasteiger partial charge is 1.00 e. The molecule has 0 aliphatic carbocycles. The smallest absolute Gasteiger partial charge is 0.550 e. The molecule has 0 spiro atoms. The van der Waals surface area contributed by atoms with E-state index in [-0.39, 0.29) is 57.8 Å². The standard InChI is InChI=1S/C12H24O2.K/c1-12(2,3)10-8-6-4-5-7-9-11(13)14;/h4-10H2,1-3H3,(H,13,14);/q;+1/p-1. The Balaban J connectivity index is 0. The van der Waals surface area contributed by atoms with Gasteiger partial charge in [0.25, 0.3) is 0 Å². The van der Waals surface area contributed by atoms with Crippen LogP contribution in [-0.2, 0) is 4.79 Å². The normalized spacial score (nSPS) is 10.9. The van der Waals surface area contributed by atoms with E-state index in [1.165, 1.54) is 19.3 Å². The first-order valence-corrected chi connectivity index (χ1v) is 5.62. The van der Waals surface area contributed by atoms with Crippen LogP contribution in [0.1, 0.15) is 65.7 Å². The van der Waals surface area contributed by atoms with Crippen molar-refractivity contribution in [1.29, 1.82) is 0 Å². The molecule has 0 atom stereocenters. The van der Waals surface area contributed by atoms with E-state index in [0.717, 1.165) is 19.3 Å². The molecule has 0 saturated heterocycles. The number of carbonyl (C=O) groups excluding carboxylic acids is 1. The SMILES string of the molecule is CC(C)(C)CCCCCCCC(=O)[O-].[K+]. The molecule has 15 heavy (non-hydrogen) atoms. The monoisotopic (exact) mass is 238 g/mol. The maximum Gasteiger partial charge on any atom is 1.00 e. The second kappa shape index (κ2) is 10.3. The van der Waals surface area contributed by atoms with E-state index in [4.69, 9.17) is 0 Å². The van der Waals surface area contributed by atoms with E-state index >= 15 is 0 Å². The van der Waals surface area contributed by atoms with Crippen molar-refractivity contribution in [2.75, 3.05) is 0 Å². The molecule has 2 nitrogen and oxygen atoms in total. The molecule has 3 heteroatoms. The molecular formula is C12H23KO2. The van der Waals surface area contributed by atoms with Crippen LogP contribution in [0.25, 0.3) is 0 Å². The predicted octanol–water partition coefficient (Wildman–Crippen LogP) is -0.483. The summed E-state index contributed by atoms with van der Waals surface area (Å²) >= 11 is 0. The van der Waals surface area contributed by atoms with Crippen molar-refractivity contribution < 1.29 is 61.3 Å². The van der Waals surface area contributed by atoms with Gasteiger partial charge in [-0.25, -0.2) is 0 Å². The summed E-state index contributed by atoms with van der Waals surface area (Å²) in [6.07, 6.45) is 6.92. The minimum absolute atomic E-state index is 0. The van der Waals surface area contributed by atoms with Crippen LogP contribution in [0.3, 0.4) is 0 Å². The minimum atomic E-state index is -0.917. The predicted molar refractivity (Wildman–Crippen MR) is 56.8 cm³/mol. The van der Waals surface area contributed by atoms with Crippen molar-refractivity contribution in [3.8, 4) is 0 Å². The van der Waals surface area contributed by atoms with Crippen LogP contribution < -0.4 is 56.5 Å². The molecule has 0 aromatic rings. The van der Waals surface area contributed by atoms with E-state index < -0.39 is 5.97 Å². The van der Waals surface area contributed by atoms with Crippen LogP contribution in [0, 0.1) is 5.41 Å². The molecular weight excluding hydrogens is 215 g/mol. The molecule has 0 aliphatic heterocycles. The van der Waals surface area contributed by atoms with Crippen LogP contribution in [0.4, 0.5) is 0 Å². The van der Waals surface area contributed by atoms with E-state index in [1.807, 2.05) is 0 Å². The van der Waals surface area contributed by atoms with Gasteiger partial charge in [-0.1, -0.05) is 46.5 Å². The Hall–Kier alpha value is 1.11. The first-order valence-electron chi connectivity index (χ1n) is 5.62. The average molecular weight is 238 g/mol. The van der Waals surface area contributed by atoms with Crippen molar-refractivity contribution in [2.45, 2.75) is 65.7 Å². The molecule has 0 bridgehead atoms. The Labute approximate surface area is 137 Å². The third kappa shape index (κ3) is 17.7. The molecule has 0 aliphatic rings. The van der Waals surface area contributed by atoms with Gasteiger partial charge in [0.05, 0.1) is 0 Å². The van der Waals surface area contributed by atoms with Crippen LogP contribution in [0.15, 0.2) is 0 Å². The summed E-state index contributed by atoms with van der Waals surface area (Å²) in [5.41, 5.74) is 0.436. The Morgan fingerprint density at radius 1 is 1.00 bits per heavy atom. The zero-order chi connectivity index (χ0) is 11.0. The van der Waals surface area contributed by atoms with Gasteiger partial charge >= 0.3 is 51.4 Å². The number of aliphatic carboxylic acids is 1. The number of carboxylic acid groups (broad SMARTS) is 1. The van der Waals surface area contributed by atoms with Gasteiger partial charge in [0.2, 0.25) is 0 Å². The molecule has 0 amide bonds. The van der Waals surface area contributed by atoms with Crippen molar-refractivity contribution in [3.05, 3.63) is 0 Å². The summed E-state index contributed by atoms with van der Waals surface area (Å²) in [6.45, 7) is 6.76. The second-order valence-electron chi connectivity index (χ2n) is 5.20. The molecule has 0 unspecified atom stereocenters. The fourth-order valence-corrected chi connectivity index (χ4v) is 1.45. The maximum atomic E-state index is 10.1. The van der Waals surface area contributed by atoms with Gasteiger partial charge in [0.1, 0.15) is 0 Å². The molecule has 0 aromatic heterocycles. The summed E-state index contributed by atoms with van der Waals surface area (Å²) in [5, 5.41) is 10.1. The first-order chi connectivity index (χ1) is 6.42. The van der Waals surface area contributed by atoms with Gasteiger partial charge in [-0.05, 0) is 24.7 Å². The molecule has 0 rings (SSSR count). The van der Waals surface area contributed by atoms with Crippen LogP contribution in [0.2, 0.25) is 0 Å². The van der Waals surface area contributed by atoms with Gasteiger partial charge in [-0.15, -0.1) is 0 Å². The Morgan fingerprint density at radius 2 is 1.47 bits per heavy atom. The number of rotatable bonds is 7. The number of unbranched alkanes of at least 4 members (excludes halogenated alkanes) is 4. The topological polar surface area (TPSA) is 40.1 Å². The van der Waals surface area contributed by atoms with Crippen molar-refractivity contribution >= 4 is 5.97 Å². The molecule has 0 radical (unpaired) electrons. The zero-order valence-electron chi connectivity index (χ0n) is 10.8. The van der Waals surface area contributed by atoms with Gasteiger partial charge in [0.15, 0.2) is 0 Å². The molecule has 0 heterocycles. The van der Waals surface area contributed by atoms with E-state index in [1.54, 1.807) is 0 Å². The Kier molecular flexibility index (Phi) is 12.6. The molecule has 0 aromatic carbocycles. The minimum Gasteiger partial charge on any atom is -0.550 e. The van der Waals surface area contributed by atoms with Crippen LogP contribution in [0.5, 0.6) is 0 Å². The summed E-state index contributed by atoms with van der Waals surface area (Å²) < 4.78 is 0. The van der Waals surface area contributed by atoms with Crippen molar-refractivity contribution in [1.82, 2.24) is 0 Å². The van der Waals surface area contributed by atoms with Crippen LogP contribution in [-0.4, -0.2) is 5.97 Å². The summed E-state index contributed by atoms with van der Waals surface area (Å²) in [5.74, 6) is -0.917. The third-order valence-corrected chi connectivity index (χ3v) is 2.31. The molecule has 0 fully saturated rings. The average Bonchev–Trinajstić information content (AvgIpc) is 2.00. The van der Waals surface area contributed by atoms with Gasteiger partial charge in [-0.3, -0.25) is 0 Å². The summed E-state index contributed by atoms with van der Waals surface area (Å²) in [6, 6.07) is 0. The maximum absolute atomic E-state index is 10.1. The Bertz CT molecular complexity index is 161. The number of carboxylic acids is 1. The number of hydrogen-bond acceptors (Lipinski definition) is 2. The van der Waals surface area contributed by atoms with Crippen LogP contribution >= 0.6 is 0 Å². The molecule has 0 saturated carbocycles. The number of hydrogen-bond donors (Lipinski definition) is 0. The summed E-state index contributed by atoms with van der Waals surface area (Å²) in [4.78, 5) is 10.1. The van der Waals surface area contributed by atoms with Gasteiger partial charge in [-0.2, -0.15) is 0 Å². The zero-order valence-corrected chi connectivity index (χ0v) is 13.9. The van der Waals surface area contributed by atoms with E-state index in [2.05, 4.69) is 20.8 Å². The van der Waals surface area contributed by atoms with E-state index in [0.29, 0.717) is 5.41 Å². The summed E-state index contributed by atoms with van der Waals surface area (Å²) in [7, 11) is 0. The molecule has 0 N–H and O–H groups in total. The first kappa shape index (κ1) is 18.5. The third-order valence-electron chi connectivity index (χ3n) is 2.31. The second-order valence-corrected chi connectivity index (χ2v) is 5.20. The number of carbonyl (C=O) groups is 1. The van der Waals surface area contributed by atoms with Crippen molar-refractivity contribution in [3.63, 3.8) is 0 Å². The van der Waals surface area contributed by atoms with Gasteiger partial charge in [0, 0.05) is 5.97 Å².